The minimum Gasteiger partial charge on any atom is -0.494 e. The number of ether oxygens (including phenoxy) is 1. The van der Waals surface area contributed by atoms with Gasteiger partial charge in [-0.05, 0) is 55.8 Å². The predicted octanol–water partition coefficient (Wildman–Crippen LogP) is 6.18. The van der Waals surface area contributed by atoms with Crippen LogP contribution in [0.4, 0.5) is 0 Å². The van der Waals surface area contributed by atoms with Crippen molar-refractivity contribution in [1.82, 2.24) is 9.99 Å². The first kappa shape index (κ1) is 21.2. The fourth-order valence-corrected chi connectivity index (χ4v) is 4.28. The van der Waals surface area contributed by atoms with Gasteiger partial charge < -0.3 is 9.15 Å². The van der Waals surface area contributed by atoms with Gasteiger partial charge in [0.05, 0.1) is 30.1 Å². The molecule has 0 saturated heterocycles. The standard InChI is InChI=1S/C26H22ClN3O3/c1-3-32-19-10-11-21-18(13-19)14-20(25(27)28-21)23-15-22(17-8-6-16(2)7-9-17)29-30(23)26(31)24-5-4-12-33-24/h4-14,23H,3,15H2,1-2H3/t23-/m1/s1. The average Bonchev–Trinajstić information content (AvgIpc) is 3.50. The number of hydrazone groups is 1. The highest BCUT2D eigenvalue weighted by Gasteiger charge is 2.36. The van der Waals surface area contributed by atoms with Gasteiger partial charge in [-0.15, -0.1) is 0 Å². The summed E-state index contributed by atoms with van der Waals surface area (Å²) in [4.78, 5) is 17.9. The van der Waals surface area contributed by atoms with E-state index < -0.39 is 6.04 Å². The number of rotatable bonds is 5. The molecule has 1 aliphatic heterocycles. The number of halogens is 1. The molecule has 4 aromatic rings. The summed E-state index contributed by atoms with van der Waals surface area (Å²) >= 11 is 6.64. The molecule has 6 nitrogen and oxygen atoms in total. The first-order chi connectivity index (χ1) is 16.0. The summed E-state index contributed by atoms with van der Waals surface area (Å²) in [5, 5.41) is 7.38. The Bertz CT molecular complexity index is 1350. The van der Waals surface area contributed by atoms with Gasteiger partial charge in [-0.2, -0.15) is 5.10 Å². The van der Waals surface area contributed by atoms with E-state index in [0.717, 1.165) is 39.1 Å². The van der Waals surface area contributed by atoms with Gasteiger partial charge in [0.2, 0.25) is 0 Å². The molecule has 0 fully saturated rings. The van der Waals surface area contributed by atoms with Gasteiger partial charge in [-0.25, -0.2) is 9.99 Å². The monoisotopic (exact) mass is 459 g/mol. The number of aromatic nitrogens is 1. The number of pyridine rings is 1. The second-order valence-corrected chi connectivity index (χ2v) is 8.27. The number of benzene rings is 2. The summed E-state index contributed by atoms with van der Waals surface area (Å²) in [6.45, 7) is 4.55. The summed E-state index contributed by atoms with van der Waals surface area (Å²) in [5.74, 6) is 0.648. The molecule has 33 heavy (non-hydrogen) atoms. The maximum absolute atomic E-state index is 13.3. The Morgan fingerprint density at radius 1 is 1.18 bits per heavy atom. The molecule has 1 amide bonds. The van der Waals surface area contributed by atoms with E-state index >= 15 is 0 Å². The number of furan rings is 1. The number of carbonyl (C=O) groups excluding carboxylic acids is 1. The molecule has 2 aromatic carbocycles. The number of hydrogen-bond acceptors (Lipinski definition) is 5. The Kier molecular flexibility index (Phi) is 5.60. The Morgan fingerprint density at radius 2 is 2.00 bits per heavy atom. The van der Waals surface area contributed by atoms with E-state index in [2.05, 4.69) is 4.98 Å². The van der Waals surface area contributed by atoms with Crippen molar-refractivity contribution in [2.24, 2.45) is 5.10 Å². The summed E-state index contributed by atoms with van der Waals surface area (Å²) in [6.07, 6.45) is 1.98. The Labute approximate surface area is 196 Å². The Hall–Kier alpha value is -3.64. The van der Waals surface area contributed by atoms with Crippen molar-refractivity contribution in [3.63, 3.8) is 0 Å². The third kappa shape index (κ3) is 4.10. The van der Waals surface area contributed by atoms with E-state index in [4.69, 9.17) is 25.9 Å². The number of aryl methyl sites for hydroxylation is 1. The molecular weight excluding hydrogens is 438 g/mol. The van der Waals surface area contributed by atoms with Gasteiger partial charge in [-0.1, -0.05) is 41.4 Å². The van der Waals surface area contributed by atoms with Crippen LogP contribution in [0, 0.1) is 6.92 Å². The van der Waals surface area contributed by atoms with Crippen molar-refractivity contribution in [2.45, 2.75) is 26.3 Å². The van der Waals surface area contributed by atoms with Crippen LogP contribution in [0.2, 0.25) is 5.15 Å². The zero-order valence-electron chi connectivity index (χ0n) is 18.3. The van der Waals surface area contributed by atoms with Crippen molar-refractivity contribution in [1.29, 1.82) is 0 Å². The fraction of sp³-hybridized carbons (Fsp3) is 0.192. The third-order valence-corrected chi connectivity index (χ3v) is 5.97. The highest BCUT2D eigenvalue weighted by molar-refractivity contribution is 6.30. The van der Waals surface area contributed by atoms with E-state index in [9.17, 15) is 4.79 Å². The molecule has 2 aromatic heterocycles. The van der Waals surface area contributed by atoms with Crippen molar-refractivity contribution in [2.75, 3.05) is 6.61 Å². The summed E-state index contributed by atoms with van der Waals surface area (Å²) < 4.78 is 11.0. The molecule has 0 unspecified atom stereocenters. The second-order valence-electron chi connectivity index (χ2n) is 7.92. The number of nitrogens with zero attached hydrogens (tertiary/aromatic N) is 3. The van der Waals surface area contributed by atoms with Gasteiger partial charge in [0.1, 0.15) is 10.9 Å². The number of amides is 1. The van der Waals surface area contributed by atoms with Crippen molar-refractivity contribution >= 4 is 34.1 Å². The van der Waals surface area contributed by atoms with E-state index in [1.54, 1.807) is 12.1 Å². The Balaban J connectivity index is 1.58. The topological polar surface area (TPSA) is 67.9 Å². The quantitative estimate of drug-likeness (QED) is 0.334. The minimum absolute atomic E-state index is 0.220. The summed E-state index contributed by atoms with van der Waals surface area (Å²) in [7, 11) is 0. The first-order valence-corrected chi connectivity index (χ1v) is 11.2. The minimum atomic E-state index is -0.418. The van der Waals surface area contributed by atoms with Crippen LogP contribution in [-0.4, -0.2) is 28.2 Å². The number of fused-ring (bicyclic) bond motifs is 1. The third-order valence-electron chi connectivity index (χ3n) is 5.67. The highest BCUT2D eigenvalue weighted by Crippen LogP contribution is 2.38. The molecule has 0 spiro atoms. The van der Waals surface area contributed by atoms with Crippen molar-refractivity contribution in [3.8, 4) is 5.75 Å². The van der Waals surface area contributed by atoms with Crippen LogP contribution in [-0.2, 0) is 0 Å². The number of hydrogen-bond donors (Lipinski definition) is 0. The lowest BCUT2D eigenvalue weighted by molar-refractivity contribution is 0.0678. The first-order valence-electron chi connectivity index (χ1n) is 10.8. The largest absolute Gasteiger partial charge is 0.494 e. The van der Waals surface area contributed by atoms with E-state index in [1.165, 1.54) is 11.3 Å². The van der Waals surface area contributed by atoms with E-state index in [0.29, 0.717) is 18.2 Å². The zero-order chi connectivity index (χ0) is 22.9. The van der Waals surface area contributed by atoms with Crippen LogP contribution in [0.25, 0.3) is 10.9 Å². The lowest BCUT2D eigenvalue weighted by atomic mass is 9.98. The van der Waals surface area contributed by atoms with E-state index in [-0.39, 0.29) is 11.7 Å². The molecule has 1 aliphatic rings. The molecule has 0 radical (unpaired) electrons. The molecule has 5 rings (SSSR count). The molecule has 0 aliphatic carbocycles. The molecule has 1 atom stereocenters. The van der Waals surface area contributed by atoms with Crippen LogP contribution >= 0.6 is 11.6 Å². The molecule has 0 N–H and O–H groups in total. The molecule has 166 valence electrons. The van der Waals surface area contributed by atoms with Crippen LogP contribution in [0.1, 0.15) is 46.6 Å². The second kappa shape index (κ2) is 8.71. The number of carbonyl (C=O) groups is 1. The molecule has 7 heteroatoms. The normalized spacial score (nSPS) is 15.7. The molecule has 0 bridgehead atoms. The highest BCUT2D eigenvalue weighted by atomic mass is 35.5. The van der Waals surface area contributed by atoms with Crippen LogP contribution in [0.15, 0.2) is 76.4 Å². The van der Waals surface area contributed by atoms with Gasteiger partial charge in [0.25, 0.3) is 0 Å². The maximum Gasteiger partial charge on any atom is 0.310 e. The smallest absolute Gasteiger partial charge is 0.310 e. The average molecular weight is 460 g/mol. The van der Waals surface area contributed by atoms with Crippen LogP contribution in [0.5, 0.6) is 5.75 Å². The van der Waals surface area contributed by atoms with Gasteiger partial charge in [-0.3, -0.25) is 4.79 Å². The lowest BCUT2D eigenvalue weighted by Crippen LogP contribution is -2.27. The summed E-state index contributed by atoms with van der Waals surface area (Å²) in [6, 6.07) is 18.6. The lowest BCUT2D eigenvalue weighted by Gasteiger charge is -2.22. The molecular formula is C26H22ClN3O3. The maximum atomic E-state index is 13.3. The van der Waals surface area contributed by atoms with Crippen molar-refractivity contribution in [3.05, 3.63) is 94.5 Å². The van der Waals surface area contributed by atoms with Crippen LogP contribution in [0.3, 0.4) is 0 Å². The van der Waals surface area contributed by atoms with Crippen LogP contribution < -0.4 is 4.74 Å². The SMILES string of the molecule is CCOc1ccc2nc(Cl)c([C@H]3CC(c4ccc(C)cc4)=NN3C(=O)c3ccco3)cc2c1. The molecule has 0 saturated carbocycles. The molecule has 3 heterocycles. The van der Waals surface area contributed by atoms with E-state index in [1.807, 2.05) is 62.4 Å². The zero-order valence-corrected chi connectivity index (χ0v) is 19.0. The predicted molar refractivity (Wildman–Crippen MR) is 128 cm³/mol. The summed E-state index contributed by atoms with van der Waals surface area (Å²) in [5.41, 5.74) is 4.41. The van der Waals surface area contributed by atoms with Gasteiger partial charge in [0.15, 0.2) is 5.76 Å². The van der Waals surface area contributed by atoms with Crippen molar-refractivity contribution < 1.29 is 13.9 Å². The van der Waals surface area contributed by atoms with Gasteiger partial charge >= 0.3 is 5.91 Å². The Morgan fingerprint density at radius 3 is 2.73 bits per heavy atom. The van der Waals surface area contributed by atoms with Gasteiger partial charge in [0, 0.05) is 17.4 Å². The fourth-order valence-electron chi connectivity index (χ4n) is 4.01.